The van der Waals surface area contributed by atoms with Crippen LogP contribution in [0.3, 0.4) is 0 Å². The van der Waals surface area contributed by atoms with Crippen LogP contribution in [0.15, 0.2) is 55.1 Å². The number of thiophene rings is 1. The van der Waals surface area contributed by atoms with Gasteiger partial charge in [-0.15, -0.1) is 11.3 Å². The largest absolute Gasteiger partial charge is 0.497 e. The fourth-order valence-corrected chi connectivity index (χ4v) is 5.14. The molecule has 0 aliphatic carbocycles. The first-order valence-electron chi connectivity index (χ1n) is 10.2. The molecule has 1 aromatic carbocycles. The maximum atomic E-state index is 5.30. The molecule has 4 heterocycles. The fraction of sp³-hybridized carbons (Fsp3) is 0.261. The highest BCUT2D eigenvalue weighted by molar-refractivity contribution is 7.17. The van der Waals surface area contributed by atoms with Gasteiger partial charge in [0.15, 0.2) is 5.82 Å². The molecule has 0 saturated heterocycles. The molecular weight excluding hydrogens is 408 g/mol. The number of aromatic nitrogens is 4. The standard InChI is InChI=1S/C23H24N6OS/c1-16-20(12-25-11-18-4-3-9-24-10-18)31-23-21(16)22-26-14-27-29(22)15-28(23)13-17-5-7-19(30-2)8-6-17/h3-10,14,25H,11-13,15H2,1-2H3. The number of nitrogens with one attached hydrogen (secondary N) is 1. The van der Waals surface area contributed by atoms with Crippen LogP contribution in [0.25, 0.3) is 11.4 Å². The normalized spacial score (nSPS) is 12.5. The van der Waals surface area contributed by atoms with E-state index in [0.29, 0.717) is 6.67 Å². The van der Waals surface area contributed by atoms with Gasteiger partial charge in [0.05, 0.1) is 12.7 Å². The summed E-state index contributed by atoms with van der Waals surface area (Å²) in [6.07, 6.45) is 5.35. The van der Waals surface area contributed by atoms with Gasteiger partial charge in [0, 0.05) is 36.9 Å². The van der Waals surface area contributed by atoms with E-state index in [1.54, 1.807) is 19.6 Å². The summed E-state index contributed by atoms with van der Waals surface area (Å²) in [5, 5.41) is 9.27. The molecule has 5 rings (SSSR count). The quantitative estimate of drug-likeness (QED) is 0.476. The van der Waals surface area contributed by atoms with E-state index in [1.165, 1.54) is 32.1 Å². The maximum absolute atomic E-state index is 5.30. The Bertz CT molecular complexity index is 1170. The van der Waals surface area contributed by atoms with Crippen LogP contribution in [0.4, 0.5) is 5.00 Å². The van der Waals surface area contributed by atoms with Gasteiger partial charge in [0.2, 0.25) is 0 Å². The van der Waals surface area contributed by atoms with Crippen LogP contribution >= 0.6 is 11.3 Å². The molecule has 0 saturated carbocycles. The number of nitrogens with zero attached hydrogens (tertiary/aromatic N) is 5. The molecule has 0 bridgehead atoms. The number of hydrogen-bond acceptors (Lipinski definition) is 7. The highest BCUT2D eigenvalue weighted by atomic mass is 32.1. The average molecular weight is 433 g/mol. The molecule has 1 N–H and O–H groups in total. The zero-order valence-electron chi connectivity index (χ0n) is 17.6. The van der Waals surface area contributed by atoms with Crippen molar-refractivity contribution >= 4 is 16.3 Å². The Morgan fingerprint density at radius 2 is 2.00 bits per heavy atom. The minimum Gasteiger partial charge on any atom is -0.497 e. The van der Waals surface area contributed by atoms with Gasteiger partial charge in [0.25, 0.3) is 0 Å². The molecule has 0 spiro atoms. The van der Waals surface area contributed by atoms with Gasteiger partial charge in [0.1, 0.15) is 23.7 Å². The van der Waals surface area contributed by atoms with Crippen LogP contribution < -0.4 is 15.0 Å². The third-order valence-electron chi connectivity index (χ3n) is 5.53. The zero-order valence-corrected chi connectivity index (χ0v) is 18.4. The highest BCUT2D eigenvalue weighted by Gasteiger charge is 2.29. The number of benzene rings is 1. The van der Waals surface area contributed by atoms with Gasteiger partial charge in [-0.05, 0) is 41.8 Å². The Hall–Kier alpha value is -3.23. The molecule has 0 atom stereocenters. The molecule has 0 unspecified atom stereocenters. The van der Waals surface area contributed by atoms with Crippen molar-refractivity contribution in [2.75, 3.05) is 12.0 Å². The first-order chi connectivity index (χ1) is 15.2. The van der Waals surface area contributed by atoms with Gasteiger partial charge in [-0.1, -0.05) is 18.2 Å². The molecule has 7 nitrogen and oxygen atoms in total. The fourth-order valence-electron chi connectivity index (χ4n) is 3.88. The van der Waals surface area contributed by atoms with Crippen LogP contribution in [0.5, 0.6) is 5.75 Å². The number of fused-ring (bicyclic) bond motifs is 3. The van der Waals surface area contributed by atoms with E-state index < -0.39 is 0 Å². The molecule has 0 fully saturated rings. The Balaban J connectivity index is 1.40. The van der Waals surface area contributed by atoms with Gasteiger partial charge in [-0.2, -0.15) is 5.10 Å². The molecule has 4 aromatic rings. The molecule has 0 radical (unpaired) electrons. The summed E-state index contributed by atoms with van der Waals surface area (Å²) in [4.78, 5) is 12.4. The van der Waals surface area contributed by atoms with Crippen LogP contribution in [0.1, 0.15) is 21.6 Å². The van der Waals surface area contributed by atoms with Crippen molar-refractivity contribution in [3.63, 3.8) is 0 Å². The van der Waals surface area contributed by atoms with E-state index in [9.17, 15) is 0 Å². The molecule has 158 valence electrons. The van der Waals surface area contributed by atoms with Crippen molar-refractivity contribution in [1.29, 1.82) is 0 Å². The zero-order chi connectivity index (χ0) is 21.2. The maximum Gasteiger partial charge on any atom is 0.163 e. The molecule has 31 heavy (non-hydrogen) atoms. The van der Waals surface area contributed by atoms with Crippen molar-refractivity contribution in [3.8, 4) is 17.1 Å². The first-order valence-corrected chi connectivity index (χ1v) is 11.0. The second-order valence-electron chi connectivity index (χ2n) is 7.57. The number of methoxy groups -OCH3 is 1. The summed E-state index contributed by atoms with van der Waals surface area (Å²) in [6.45, 7) is 5.28. The summed E-state index contributed by atoms with van der Waals surface area (Å²) < 4.78 is 7.28. The minimum atomic E-state index is 0.691. The number of anilines is 1. The number of hydrogen-bond donors (Lipinski definition) is 1. The van der Waals surface area contributed by atoms with Crippen LogP contribution in [-0.2, 0) is 26.3 Å². The smallest absolute Gasteiger partial charge is 0.163 e. The third kappa shape index (κ3) is 3.92. The lowest BCUT2D eigenvalue weighted by Crippen LogP contribution is -2.29. The average Bonchev–Trinajstić information content (AvgIpc) is 3.39. The van der Waals surface area contributed by atoms with E-state index in [1.807, 2.05) is 40.4 Å². The first kappa shape index (κ1) is 19.7. The Morgan fingerprint density at radius 3 is 2.77 bits per heavy atom. The molecule has 8 heteroatoms. The third-order valence-corrected chi connectivity index (χ3v) is 6.88. The van der Waals surface area contributed by atoms with Crippen LogP contribution in [0, 0.1) is 6.92 Å². The number of pyridine rings is 1. The lowest BCUT2D eigenvalue weighted by Gasteiger charge is -2.29. The second-order valence-corrected chi connectivity index (χ2v) is 8.65. The summed E-state index contributed by atoms with van der Waals surface area (Å²) in [6, 6.07) is 12.3. The van der Waals surface area contributed by atoms with Crippen molar-refractivity contribution in [2.24, 2.45) is 0 Å². The molecule has 0 amide bonds. The molecular formula is C23H24N6OS. The van der Waals surface area contributed by atoms with E-state index >= 15 is 0 Å². The molecule has 1 aliphatic rings. The molecule has 1 aliphatic heterocycles. The minimum absolute atomic E-state index is 0.691. The van der Waals surface area contributed by atoms with Gasteiger partial charge in [-0.25, -0.2) is 9.67 Å². The molecule has 3 aromatic heterocycles. The lowest BCUT2D eigenvalue weighted by molar-refractivity contribution is 0.414. The topological polar surface area (TPSA) is 68.1 Å². The van der Waals surface area contributed by atoms with Crippen molar-refractivity contribution in [1.82, 2.24) is 25.1 Å². The van der Waals surface area contributed by atoms with Crippen molar-refractivity contribution in [3.05, 3.63) is 76.7 Å². The van der Waals surface area contributed by atoms with Crippen LogP contribution in [0.2, 0.25) is 0 Å². The number of rotatable bonds is 7. The number of ether oxygens (including phenoxy) is 1. The monoisotopic (exact) mass is 432 g/mol. The van der Waals surface area contributed by atoms with Gasteiger partial charge >= 0.3 is 0 Å². The van der Waals surface area contributed by atoms with Gasteiger partial charge in [-0.3, -0.25) is 4.98 Å². The second kappa shape index (κ2) is 8.49. The Labute approximate surface area is 185 Å². The van der Waals surface area contributed by atoms with Crippen molar-refractivity contribution in [2.45, 2.75) is 33.2 Å². The lowest BCUT2D eigenvalue weighted by atomic mass is 10.1. The SMILES string of the molecule is COc1ccc(CN2Cn3ncnc3-c3c2sc(CNCc2cccnc2)c3C)cc1. The van der Waals surface area contributed by atoms with Crippen molar-refractivity contribution < 1.29 is 4.74 Å². The van der Waals surface area contributed by atoms with E-state index in [-0.39, 0.29) is 0 Å². The summed E-state index contributed by atoms with van der Waals surface area (Å²) in [5.41, 5.74) is 4.88. The predicted molar refractivity (Wildman–Crippen MR) is 122 cm³/mol. The van der Waals surface area contributed by atoms with E-state index in [2.05, 4.69) is 50.4 Å². The van der Waals surface area contributed by atoms with E-state index in [0.717, 1.165) is 31.2 Å². The summed E-state index contributed by atoms with van der Waals surface area (Å²) in [5.74, 6) is 1.82. The van der Waals surface area contributed by atoms with E-state index in [4.69, 9.17) is 4.74 Å². The summed E-state index contributed by atoms with van der Waals surface area (Å²) >= 11 is 1.84. The summed E-state index contributed by atoms with van der Waals surface area (Å²) in [7, 11) is 1.69. The Kier molecular flexibility index (Phi) is 5.40. The van der Waals surface area contributed by atoms with Gasteiger partial charge < -0.3 is 15.0 Å². The van der Waals surface area contributed by atoms with Crippen LogP contribution in [-0.4, -0.2) is 26.9 Å². The Morgan fingerprint density at radius 1 is 1.13 bits per heavy atom. The predicted octanol–water partition coefficient (Wildman–Crippen LogP) is 3.99. The highest BCUT2D eigenvalue weighted by Crippen LogP contribution is 2.45.